The lowest BCUT2D eigenvalue weighted by Crippen LogP contribution is -2.24. The van der Waals surface area contributed by atoms with Crippen LogP contribution in [0.2, 0.25) is 0 Å². The van der Waals surface area contributed by atoms with Crippen LogP contribution >= 0.6 is 0 Å². The molecule has 0 bridgehead atoms. The molecule has 0 aromatic carbocycles. The molecule has 2 heterocycles. The minimum absolute atomic E-state index is 0.0936. The van der Waals surface area contributed by atoms with Crippen LogP contribution in [0.25, 0.3) is 5.78 Å². The number of rotatable bonds is 5. The van der Waals surface area contributed by atoms with Gasteiger partial charge >= 0.3 is 0 Å². The van der Waals surface area contributed by atoms with Crippen molar-refractivity contribution in [3.05, 3.63) is 18.1 Å². The molecular formula is C15H23N5O. The van der Waals surface area contributed by atoms with Crippen molar-refractivity contribution >= 4 is 11.6 Å². The van der Waals surface area contributed by atoms with Crippen LogP contribution in [0.5, 0.6) is 0 Å². The van der Waals surface area contributed by atoms with Crippen molar-refractivity contribution in [1.29, 1.82) is 0 Å². The van der Waals surface area contributed by atoms with E-state index in [1.165, 1.54) is 25.6 Å². The van der Waals surface area contributed by atoms with Gasteiger partial charge in [-0.3, -0.25) is 0 Å². The van der Waals surface area contributed by atoms with Crippen molar-refractivity contribution in [2.24, 2.45) is 5.92 Å². The molecule has 2 aromatic rings. The first-order chi connectivity index (χ1) is 10.2. The number of hydrogen-bond donors (Lipinski definition) is 2. The number of aromatic nitrogens is 4. The van der Waals surface area contributed by atoms with Gasteiger partial charge in [-0.15, -0.1) is 0 Å². The van der Waals surface area contributed by atoms with Crippen LogP contribution in [0.1, 0.15) is 44.2 Å². The average Bonchev–Trinajstić information content (AvgIpc) is 2.93. The molecule has 0 aliphatic heterocycles. The van der Waals surface area contributed by atoms with E-state index < -0.39 is 0 Å². The van der Waals surface area contributed by atoms with E-state index in [0.717, 1.165) is 37.3 Å². The molecule has 6 heteroatoms. The summed E-state index contributed by atoms with van der Waals surface area (Å²) in [5.74, 6) is 2.03. The van der Waals surface area contributed by atoms with Gasteiger partial charge in [0.1, 0.15) is 12.1 Å². The zero-order valence-corrected chi connectivity index (χ0v) is 12.5. The van der Waals surface area contributed by atoms with Gasteiger partial charge in [0, 0.05) is 18.3 Å². The molecule has 6 nitrogen and oxygen atoms in total. The second-order valence-electron chi connectivity index (χ2n) is 5.94. The summed E-state index contributed by atoms with van der Waals surface area (Å²) in [7, 11) is 0. The molecule has 2 N–H and O–H groups in total. The van der Waals surface area contributed by atoms with E-state index in [0.29, 0.717) is 11.7 Å². The Hall–Kier alpha value is -1.69. The molecule has 1 aliphatic carbocycles. The zero-order valence-electron chi connectivity index (χ0n) is 12.5. The van der Waals surface area contributed by atoms with Crippen molar-refractivity contribution in [2.75, 3.05) is 11.9 Å². The first-order valence-electron chi connectivity index (χ1n) is 7.83. The van der Waals surface area contributed by atoms with Crippen LogP contribution in [-0.4, -0.2) is 37.3 Å². The zero-order chi connectivity index (χ0) is 14.7. The highest BCUT2D eigenvalue weighted by Crippen LogP contribution is 2.27. The Morgan fingerprint density at radius 2 is 2.24 bits per heavy atom. The SMILES string of the molecule is Cc1cc(NCCCC2CCCCC2O)n2ncnc2n1. The number of nitrogens with zero attached hydrogens (tertiary/aromatic N) is 4. The summed E-state index contributed by atoms with van der Waals surface area (Å²) in [6.07, 6.45) is 8.14. The first-order valence-corrected chi connectivity index (χ1v) is 7.83. The second kappa shape index (κ2) is 6.39. The number of fused-ring (bicyclic) bond motifs is 1. The van der Waals surface area contributed by atoms with Gasteiger partial charge in [-0.2, -0.15) is 14.6 Å². The number of aliphatic hydroxyl groups excluding tert-OH is 1. The standard InChI is InChI=1S/C15H23N5O/c1-11-9-14(20-15(19-11)17-10-18-20)16-8-4-6-12-5-2-3-7-13(12)21/h9-10,12-13,16,21H,2-8H2,1H3. The monoisotopic (exact) mass is 289 g/mol. The highest BCUT2D eigenvalue weighted by molar-refractivity contribution is 5.44. The summed E-state index contributed by atoms with van der Waals surface area (Å²) in [4.78, 5) is 8.44. The largest absolute Gasteiger partial charge is 0.393 e. The van der Waals surface area contributed by atoms with Gasteiger partial charge in [-0.05, 0) is 38.5 Å². The Labute approximate surface area is 124 Å². The van der Waals surface area contributed by atoms with Crippen molar-refractivity contribution in [3.63, 3.8) is 0 Å². The van der Waals surface area contributed by atoms with Gasteiger partial charge in [0.05, 0.1) is 6.10 Å². The maximum Gasteiger partial charge on any atom is 0.254 e. The second-order valence-corrected chi connectivity index (χ2v) is 5.94. The maximum absolute atomic E-state index is 9.98. The molecule has 1 saturated carbocycles. The number of aryl methyl sites for hydroxylation is 1. The highest BCUT2D eigenvalue weighted by Gasteiger charge is 2.22. The van der Waals surface area contributed by atoms with Crippen LogP contribution in [0.15, 0.2) is 12.4 Å². The summed E-state index contributed by atoms with van der Waals surface area (Å²) in [6.45, 7) is 2.83. The van der Waals surface area contributed by atoms with Crippen LogP contribution in [-0.2, 0) is 0 Å². The van der Waals surface area contributed by atoms with Crippen LogP contribution < -0.4 is 5.32 Å². The Morgan fingerprint density at radius 1 is 1.38 bits per heavy atom. The lowest BCUT2D eigenvalue weighted by molar-refractivity contribution is 0.0648. The van der Waals surface area contributed by atoms with Gasteiger partial charge < -0.3 is 10.4 Å². The summed E-state index contributed by atoms with van der Waals surface area (Å²) < 4.78 is 1.72. The van der Waals surface area contributed by atoms with Gasteiger partial charge in [-0.25, -0.2) is 4.98 Å². The molecule has 0 radical (unpaired) electrons. The van der Waals surface area contributed by atoms with E-state index >= 15 is 0 Å². The van der Waals surface area contributed by atoms with E-state index in [9.17, 15) is 5.11 Å². The van der Waals surface area contributed by atoms with Crippen molar-refractivity contribution in [2.45, 2.75) is 51.6 Å². The molecule has 0 amide bonds. The van der Waals surface area contributed by atoms with Gasteiger partial charge in [0.25, 0.3) is 5.78 Å². The number of nitrogens with one attached hydrogen (secondary N) is 1. The molecular weight excluding hydrogens is 266 g/mol. The Kier molecular flexibility index (Phi) is 4.34. The topological polar surface area (TPSA) is 75.3 Å². The third-order valence-corrected chi connectivity index (χ3v) is 4.31. The lowest BCUT2D eigenvalue weighted by atomic mass is 9.83. The lowest BCUT2D eigenvalue weighted by Gasteiger charge is -2.27. The molecule has 21 heavy (non-hydrogen) atoms. The van der Waals surface area contributed by atoms with Crippen molar-refractivity contribution in [1.82, 2.24) is 19.6 Å². The quantitative estimate of drug-likeness (QED) is 0.825. The van der Waals surface area contributed by atoms with Gasteiger partial charge in [0.15, 0.2) is 0 Å². The predicted octanol–water partition coefficient (Wildman–Crippen LogP) is 2.18. The van der Waals surface area contributed by atoms with Crippen molar-refractivity contribution < 1.29 is 5.11 Å². The molecule has 2 atom stereocenters. The third kappa shape index (κ3) is 3.32. The van der Waals surface area contributed by atoms with Crippen molar-refractivity contribution in [3.8, 4) is 0 Å². The molecule has 0 saturated heterocycles. The molecule has 3 rings (SSSR count). The fourth-order valence-corrected chi connectivity index (χ4v) is 3.16. The van der Waals surface area contributed by atoms with Crippen LogP contribution in [0, 0.1) is 12.8 Å². The van der Waals surface area contributed by atoms with Gasteiger partial charge in [0.2, 0.25) is 0 Å². The molecule has 1 aliphatic rings. The maximum atomic E-state index is 9.98. The molecule has 2 aromatic heterocycles. The van der Waals surface area contributed by atoms with E-state index in [4.69, 9.17) is 0 Å². The Bertz CT molecular complexity index is 597. The smallest absolute Gasteiger partial charge is 0.254 e. The average molecular weight is 289 g/mol. The number of aliphatic hydroxyl groups is 1. The van der Waals surface area contributed by atoms with E-state index in [1.54, 1.807) is 4.52 Å². The normalized spacial score (nSPS) is 22.6. The summed E-state index contributed by atoms with van der Waals surface area (Å²) in [5, 5.41) is 17.6. The third-order valence-electron chi connectivity index (χ3n) is 4.31. The van der Waals surface area contributed by atoms with E-state index in [2.05, 4.69) is 20.4 Å². The highest BCUT2D eigenvalue weighted by atomic mass is 16.3. The number of hydrogen-bond acceptors (Lipinski definition) is 5. The fourth-order valence-electron chi connectivity index (χ4n) is 3.16. The molecule has 0 spiro atoms. The van der Waals surface area contributed by atoms with E-state index in [-0.39, 0.29) is 6.10 Å². The Morgan fingerprint density at radius 3 is 3.10 bits per heavy atom. The van der Waals surface area contributed by atoms with E-state index in [1.807, 2.05) is 13.0 Å². The molecule has 1 fully saturated rings. The van der Waals surface area contributed by atoms with Gasteiger partial charge in [-0.1, -0.05) is 12.8 Å². The minimum atomic E-state index is -0.0936. The molecule has 114 valence electrons. The molecule has 2 unspecified atom stereocenters. The Balaban J connectivity index is 1.53. The summed E-state index contributed by atoms with van der Waals surface area (Å²) in [5.41, 5.74) is 0.931. The summed E-state index contributed by atoms with van der Waals surface area (Å²) >= 11 is 0. The first kappa shape index (κ1) is 14.3. The summed E-state index contributed by atoms with van der Waals surface area (Å²) in [6, 6.07) is 1.98. The fraction of sp³-hybridized carbons (Fsp3) is 0.667. The number of anilines is 1. The van der Waals surface area contributed by atoms with Crippen LogP contribution in [0.3, 0.4) is 0 Å². The minimum Gasteiger partial charge on any atom is -0.393 e. The predicted molar refractivity (Wildman–Crippen MR) is 81.2 cm³/mol. The van der Waals surface area contributed by atoms with Crippen LogP contribution in [0.4, 0.5) is 5.82 Å².